The topological polar surface area (TPSA) is 35.2 Å². The zero-order valence-corrected chi connectivity index (χ0v) is 9.96. The lowest BCUT2D eigenvalue weighted by Gasteiger charge is -2.16. The van der Waals surface area contributed by atoms with Crippen molar-refractivity contribution in [2.45, 2.75) is 26.0 Å². The molecule has 0 saturated carbocycles. The second-order valence-corrected chi connectivity index (χ2v) is 3.47. The molecule has 0 aliphatic carbocycles. The van der Waals surface area contributed by atoms with Gasteiger partial charge in [-0.2, -0.15) is 0 Å². The average Bonchev–Trinajstić information content (AvgIpc) is 2.16. The maximum Gasteiger partial charge on any atom is 0.124 e. The van der Waals surface area contributed by atoms with E-state index in [1.807, 2.05) is 38.1 Å². The lowest BCUT2D eigenvalue weighted by Crippen LogP contribution is -2.12. The van der Waals surface area contributed by atoms with Crippen LogP contribution in [0.2, 0.25) is 0 Å². The minimum absolute atomic E-state index is 0. The summed E-state index contributed by atoms with van der Waals surface area (Å²) in [7, 11) is 0. The Morgan fingerprint density at radius 2 is 1.93 bits per heavy atom. The maximum absolute atomic E-state index is 5.87. The number of hydrogen-bond acceptors (Lipinski definition) is 2. The summed E-state index contributed by atoms with van der Waals surface area (Å²) in [4.78, 5) is 0. The van der Waals surface area contributed by atoms with Crippen LogP contribution in [0.25, 0.3) is 0 Å². The lowest BCUT2D eigenvalue weighted by molar-refractivity contribution is 0.239. The molecule has 1 aromatic carbocycles. The molecule has 84 valence electrons. The third kappa shape index (κ3) is 3.94. The normalized spacial score (nSPS) is 11.7. The van der Waals surface area contributed by atoms with Crippen LogP contribution in [-0.2, 0) is 0 Å². The predicted molar refractivity (Wildman–Crippen MR) is 66.6 cm³/mol. The Labute approximate surface area is 97.5 Å². The first-order chi connectivity index (χ1) is 6.65. The molecular formula is C12H18ClNO. The predicted octanol–water partition coefficient (Wildman–Crippen LogP) is 3.08. The van der Waals surface area contributed by atoms with Gasteiger partial charge in [0.2, 0.25) is 0 Å². The van der Waals surface area contributed by atoms with Gasteiger partial charge in [-0.05, 0) is 19.9 Å². The molecule has 0 saturated heterocycles. The summed E-state index contributed by atoms with van der Waals surface area (Å²) in [5, 5.41) is 0. The SMILES string of the molecule is C=C[C@@H](N)c1ccccc1OC(C)C.Cl. The molecule has 0 amide bonds. The smallest absolute Gasteiger partial charge is 0.124 e. The molecule has 1 atom stereocenters. The first-order valence-electron chi connectivity index (χ1n) is 4.79. The summed E-state index contributed by atoms with van der Waals surface area (Å²) in [5.41, 5.74) is 6.86. The van der Waals surface area contributed by atoms with E-state index in [9.17, 15) is 0 Å². The van der Waals surface area contributed by atoms with E-state index < -0.39 is 0 Å². The van der Waals surface area contributed by atoms with Crippen LogP contribution in [0, 0.1) is 0 Å². The molecule has 1 rings (SSSR count). The van der Waals surface area contributed by atoms with Crippen molar-refractivity contribution in [2.24, 2.45) is 5.73 Å². The highest BCUT2D eigenvalue weighted by atomic mass is 35.5. The molecule has 0 aliphatic rings. The largest absolute Gasteiger partial charge is 0.491 e. The molecule has 0 radical (unpaired) electrons. The molecule has 0 bridgehead atoms. The van der Waals surface area contributed by atoms with Gasteiger partial charge in [0.1, 0.15) is 5.75 Å². The summed E-state index contributed by atoms with van der Waals surface area (Å²) in [6.45, 7) is 7.67. The molecule has 0 aliphatic heterocycles. The van der Waals surface area contributed by atoms with Gasteiger partial charge in [-0.25, -0.2) is 0 Å². The minimum atomic E-state index is -0.162. The van der Waals surface area contributed by atoms with E-state index in [4.69, 9.17) is 10.5 Å². The highest BCUT2D eigenvalue weighted by Gasteiger charge is 2.09. The van der Waals surface area contributed by atoms with Crippen molar-refractivity contribution in [3.63, 3.8) is 0 Å². The van der Waals surface area contributed by atoms with Crippen molar-refractivity contribution in [2.75, 3.05) is 0 Å². The summed E-state index contributed by atoms with van der Waals surface area (Å²) in [6, 6.07) is 7.62. The third-order valence-electron chi connectivity index (χ3n) is 1.89. The Hall–Kier alpha value is -0.990. The Bertz CT molecular complexity index is 312. The highest BCUT2D eigenvalue weighted by molar-refractivity contribution is 5.85. The lowest BCUT2D eigenvalue weighted by atomic mass is 10.1. The van der Waals surface area contributed by atoms with E-state index >= 15 is 0 Å². The number of ether oxygens (including phenoxy) is 1. The first kappa shape index (κ1) is 14.0. The van der Waals surface area contributed by atoms with E-state index in [0.717, 1.165) is 11.3 Å². The van der Waals surface area contributed by atoms with Gasteiger partial charge in [-0.3, -0.25) is 0 Å². The van der Waals surface area contributed by atoms with Crippen molar-refractivity contribution in [1.82, 2.24) is 0 Å². The summed E-state index contributed by atoms with van der Waals surface area (Å²) < 4.78 is 5.64. The number of hydrogen-bond donors (Lipinski definition) is 1. The van der Waals surface area contributed by atoms with Gasteiger partial charge in [-0.1, -0.05) is 24.3 Å². The van der Waals surface area contributed by atoms with Crippen LogP contribution in [0.1, 0.15) is 25.5 Å². The van der Waals surface area contributed by atoms with E-state index in [1.165, 1.54) is 0 Å². The van der Waals surface area contributed by atoms with Gasteiger partial charge in [0.05, 0.1) is 12.1 Å². The second kappa shape index (κ2) is 6.49. The Morgan fingerprint density at radius 3 is 2.47 bits per heavy atom. The van der Waals surface area contributed by atoms with Gasteiger partial charge in [-0.15, -0.1) is 19.0 Å². The van der Waals surface area contributed by atoms with Crippen molar-refractivity contribution in [1.29, 1.82) is 0 Å². The van der Waals surface area contributed by atoms with Gasteiger partial charge in [0.25, 0.3) is 0 Å². The zero-order valence-electron chi connectivity index (χ0n) is 9.14. The van der Waals surface area contributed by atoms with Crippen molar-refractivity contribution >= 4 is 12.4 Å². The molecule has 1 aromatic rings. The Kier molecular flexibility index (Phi) is 6.06. The van der Waals surface area contributed by atoms with E-state index in [-0.39, 0.29) is 24.6 Å². The molecule has 0 heterocycles. The van der Waals surface area contributed by atoms with Crippen LogP contribution in [0.5, 0.6) is 5.75 Å². The zero-order chi connectivity index (χ0) is 10.6. The monoisotopic (exact) mass is 227 g/mol. The summed E-state index contributed by atoms with van der Waals surface area (Å²) in [5.74, 6) is 0.843. The van der Waals surface area contributed by atoms with Gasteiger partial charge in [0, 0.05) is 5.56 Å². The standard InChI is InChI=1S/C12H17NO.ClH/c1-4-11(13)10-7-5-6-8-12(10)14-9(2)3;/h4-9,11H,1,13H2,2-3H3;1H/t11-;/m1./s1. The number of halogens is 1. The fourth-order valence-corrected chi connectivity index (χ4v) is 1.24. The van der Waals surface area contributed by atoms with Gasteiger partial charge in [0.15, 0.2) is 0 Å². The number of rotatable bonds is 4. The van der Waals surface area contributed by atoms with Crippen molar-refractivity contribution < 1.29 is 4.74 Å². The number of nitrogens with two attached hydrogens (primary N) is 1. The van der Waals surface area contributed by atoms with E-state index in [2.05, 4.69) is 6.58 Å². The fraction of sp³-hybridized carbons (Fsp3) is 0.333. The number of para-hydroxylation sites is 1. The van der Waals surface area contributed by atoms with E-state index in [1.54, 1.807) is 6.08 Å². The molecule has 2 N–H and O–H groups in total. The van der Waals surface area contributed by atoms with Crippen LogP contribution in [0.3, 0.4) is 0 Å². The van der Waals surface area contributed by atoms with Gasteiger partial charge < -0.3 is 10.5 Å². The van der Waals surface area contributed by atoms with E-state index in [0.29, 0.717) is 0 Å². The first-order valence-corrected chi connectivity index (χ1v) is 4.79. The Morgan fingerprint density at radius 1 is 1.33 bits per heavy atom. The molecule has 3 heteroatoms. The molecule has 0 fully saturated rings. The maximum atomic E-state index is 5.87. The highest BCUT2D eigenvalue weighted by Crippen LogP contribution is 2.24. The second-order valence-electron chi connectivity index (χ2n) is 3.47. The van der Waals surface area contributed by atoms with Crippen LogP contribution in [0.4, 0.5) is 0 Å². The summed E-state index contributed by atoms with van der Waals surface area (Å²) >= 11 is 0. The number of benzene rings is 1. The summed E-state index contributed by atoms with van der Waals surface area (Å²) in [6.07, 6.45) is 1.87. The molecule has 0 aromatic heterocycles. The minimum Gasteiger partial charge on any atom is -0.491 e. The van der Waals surface area contributed by atoms with Crippen LogP contribution in [-0.4, -0.2) is 6.10 Å². The molecule has 0 spiro atoms. The average molecular weight is 228 g/mol. The molecule has 2 nitrogen and oxygen atoms in total. The van der Waals surface area contributed by atoms with Crippen molar-refractivity contribution in [3.8, 4) is 5.75 Å². The molecular weight excluding hydrogens is 210 g/mol. The molecule has 0 unspecified atom stereocenters. The Balaban J connectivity index is 0.00000196. The van der Waals surface area contributed by atoms with Crippen LogP contribution >= 0.6 is 12.4 Å². The molecule has 15 heavy (non-hydrogen) atoms. The fourth-order valence-electron chi connectivity index (χ4n) is 1.24. The van der Waals surface area contributed by atoms with Crippen LogP contribution < -0.4 is 10.5 Å². The van der Waals surface area contributed by atoms with Gasteiger partial charge >= 0.3 is 0 Å². The van der Waals surface area contributed by atoms with Crippen molar-refractivity contribution in [3.05, 3.63) is 42.5 Å². The quantitative estimate of drug-likeness (QED) is 0.803. The van der Waals surface area contributed by atoms with Crippen LogP contribution in [0.15, 0.2) is 36.9 Å². The third-order valence-corrected chi connectivity index (χ3v) is 1.89.